The molecule has 2 atom stereocenters. The molecule has 4 rings (SSSR count). The van der Waals surface area contributed by atoms with Gasteiger partial charge in [0.1, 0.15) is 16.9 Å². The molecule has 0 saturated heterocycles. The number of aliphatic carboxylic acids is 2. The maximum Gasteiger partial charge on any atom is 0.352 e. The van der Waals surface area contributed by atoms with Crippen molar-refractivity contribution in [3.8, 4) is 0 Å². The van der Waals surface area contributed by atoms with E-state index >= 15 is 0 Å². The smallest absolute Gasteiger partial charge is 0.352 e. The normalized spacial score (nSPS) is 22.0. The SMILES string of the molecule is CC(C)C1(C)N=C(c2ncccc2C(=O)O)NC1=O.CC1(C(=O)O)CC(C(=O)O)=NN1c1ccc(Cl)cc1Cl. The third-order valence-electron chi connectivity index (χ3n) is 6.47. The van der Waals surface area contributed by atoms with Crippen LogP contribution in [-0.2, 0) is 14.4 Å². The van der Waals surface area contributed by atoms with Gasteiger partial charge in [-0.1, -0.05) is 37.0 Å². The van der Waals surface area contributed by atoms with Gasteiger partial charge in [0.25, 0.3) is 5.91 Å². The molecule has 12 nitrogen and oxygen atoms in total. The number of halogens is 2. The lowest BCUT2D eigenvalue weighted by Crippen LogP contribution is -2.47. The number of carbonyl (C=O) groups is 4. The summed E-state index contributed by atoms with van der Waals surface area (Å²) < 4.78 is 0. The predicted octanol–water partition coefficient (Wildman–Crippen LogP) is 3.56. The first-order chi connectivity index (χ1) is 18.1. The van der Waals surface area contributed by atoms with Crippen molar-refractivity contribution >= 4 is 64.3 Å². The number of nitrogens with one attached hydrogen (secondary N) is 1. The van der Waals surface area contributed by atoms with Crippen LogP contribution in [0.15, 0.2) is 46.6 Å². The Kier molecular flexibility index (Phi) is 8.32. The Morgan fingerprint density at radius 2 is 1.74 bits per heavy atom. The first kappa shape index (κ1) is 29.5. The summed E-state index contributed by atoms with van der Waals surface area (Å²) >= 11 is 11.8. The number of aromatic carboxylic acids is 1. The lowest BCUT2D eigenvalue weighted by Gasteiger charge is -2.30. The number of hydrogen-bond donors (Lipinski definition) is 4. The number of benzene rings is 1. The minimum atomic E-state index is -1.51. The number of carbonyl (C=O) groups excluding carboxylic acids is 1. The highest BCUT2D eigenvalue weighted by Crippen LogP contribution is 2.38. The van der Waals surface area contributed by atoms with Gasteiger partial charge in [-0.25, -0.2) is 24.4 Å². The maximum absolute atomic E-state index is 12.0. The Labute approximate surface area is 233 Å². The van der Waals surface area contributed by atoms with Crippen molar-refractivity contribution in [2.75, 3.05) is 5.01 Å². The minimum Gasteiger partial charge on any atom is -0.479 e. The molecule has 14 heteroatoms. The number of aliphatic imine (C=N–C) groups is 1. The van der Waals surface area contributed by atoms with Crippen molar-refractivity contribution in [3.05, 3.63) is 57.8 Å². The summed E-state index contributed by atoms with van der Waals surface area (Å²) in [5.41, 5.74) is -2.13. The Morgan fingerprint density at radius 1 is 1.08 bits per heavy atom. The topological polar surface area (TPSA) is 182 Å². The third kappa shape index (κ3) is 5.71. The number of aromatic nitrogens is 1. The van der Waals surface area contributed by atoms with E-state index in [9.17, 15) is 24.3 Å². The largest absolute Gasteiger partial charge is 0.479 e. The second-order valence-electron chi connectivity index (χ2n) is 9.44. The Bertz CT molecular complexity index is 1430. The van der Waals surface area contributed by atoms with Crippen LogP contribution in [0.4, 0.5) is 5.69 Å². The zero-order valence-electron chi connectivity index (χ0n) is 21.3. The number of pyridine rings is 1. The monoisotopic (exact) mass is 577 g/mol. The Hall–Kier alpha value is -4.03. The number of rotatable bonds is 6. The van der Waals surface area contributed by atoms with Gasteiger partial charge >= 0.3 is 17.9 Å². The Balaban J connectivity index is 0.000000216. The van der Waals surface area contributed by atoms with E-state index in [1.807, 2.05) is 13.8 Å². The summed E-state index contributed by atoms with van der Waals surface area (Å²) in [5.74, 6) is -3.56. The van der Waals surface area contributed by atoms with E-state index in [2.05, 4.69) is 20.4 Å². The minimum absolute atomic E-state index is 0.00184. The maximum atomic E-state index is 12.0. The van der Waals surface area contributed by atoms with Gasteiger partial charge in [0.05, 0.1) is 16.3 Å². The average molecular weight is 578 g/mol. The molecule has 0 bridgehead atoms. The van der Waals surface area contributed by atoms with Crippen LogP contribution in [0, 0.1) is 5.92 Å². The number of nitrogens with zero attached hydrogens (tertiary/aromatic N) is 4. The van der Waals surface area contributed by atoms with Crippen molar-refractivity contribution < 1.29 is 34.5 Å². The molecule has 0 fully saturated rings. The molecule has 2 unspecified atom stereocenters. The summed E-state index contributed by atoms with van der Waals surface area (Å²) in [6.07, 6.45) is 1.25. The van der Waals surface area contributed by atoms with Gasteiger partial charge in [-0.05, 0) is 50.1 Å². The van der Waals surface area contributed by atoms with E-state index in [4.69, 9.17) is 33.4 Å². The van der Waals surface area contributed by atoms with Crippen LogP contribution in [0.25, 0.3) is 0 Å². The van der Waals surface area contributed by atoms with Crippen molar-refractivity contribution in [1.82, 2.24) is 10.3 Å². The van der Waals surface area contributed by atoms with E-state index < -0.39 is 29.0 Å². The molecule has 2 aliphatic heterocycles. The molecule has 1 aromatic carbocycles. The highest BCUT2D eigenvalue weighted by molar-refractivity contribution is 6.38. The standard InChI is InChI=1S/C13H15N3O3.C12H10Cl2N2O4/c1-7(2)13(3)12(19)15-10(16-13)9-8(11(17)18)5-4-6-14-9;1-12(11(19)20)5-8(10(17)18)15-16(12)9-3-2-6(13)4-7(9)14/h4-7H,1-3H3,(H,17,18)(H,15,16,19);2-4H,5H2,1H3,(H,17,18)(H,19,20). The lowest BCUT2D eigenvalue weighted by molar-refractivity contribution is -0.142. The average Bonchev–Trinajstić information content (AvgIpc) is 3.38. The lowest BCUT2D eigenvalue weighted by atomic mass is 9.89. The quantitative estimate of drug-likeness (QED) is 0.398. The van der Waals surface area contributed by atoms with Crippen molar-refractivity contribution in [2.45, 2.75) is 45.2 Å². The number of carboxylic acids is 3. The summed E-state index contributed by atoms with van der Waals surface area (Å²) in [5, 5.41) is 35.7. The molecule has 0 radical (unpaired) electrons. The number of amides is 1. The van der Waals surface area contributed by atoms with Crippen LogP contribution in [0.1, 0.15) is 50.2 Å². The molecule has 1 aromatic heterocycles. The van der Waals surface area contributed by atoms with Gasteiger partial charge < -0.3 is 20.6 Å². The molecule has 206 valence electrons. The van der Waals surface area contributed by atoms with Crippen molar-refractivity contribution in [2.24, 2.45) is 16.0 Å². The fraction of sp³-hybridized carbons (Fsp3) is 0.320. The fourth-order valence-electron chi connectivity index (χ4n) is 3.74. The van der Waals surface area contributed by atoms with E-state index in [0.29, 0.717) is 5.02 Å². The van der Waals surface area contributed by atoms with E-state index in [-0.39, 0.29) is 51.8 Å². The van der Waals surface area contributed by atoms with Crippen LogP contribution < -0.4 is 10.3 Å². The second-order valence-corrected chi connectivity index (χ2v) is 10.3. The summed E-state index contributed by atoms with van der Waals surface area (Å²) in [6, 6.07) is 7.44. The van der Waals surface area contributed by atoms with Crippen LogP contribution in [0.5, 0.6) is 0 Å². The molecule has 39 heavy (non-hydrogen) atoms. The summed E-state index contributed by atoms with van der Waals surface area (Å²) in [4.78, 5) is 54.0. The number of anilines is 1. The molecule has 0 saturated carbocycles. The third-order valence-corrected chi connectivity index (χ3v) is 7.01. The van der Waals surface area contributed by atoms with Crippen LogP contribution in [-0.4, -0.2) is 66.7 Å². The van der Waals surface area contributed by atoms with Gasteiger partial charge in [0, 0.05) is 17.6 Å². The molecule has 1 amide bonds. The number of amidine groups is 1. The molecule has 0 spiro atoms. The molecule has 2 aromatic rings. The first-order valence-electron chi connectivity index (χ1n) is 11.5. The highest BCUT2D eigenvalue weighted by Gasteiger charge is 2.48. The molecular weight excluding hydrogens is 553 g/mol. The highest BCUT2D eigenvalue weighted by atomic mass is 35.5. The second kappa shape index (κ2) is 11.0. The van der Waals surface area contributed by atoms with Crippen LogP contribution in [0.3, 0.4) is 0 Å². The number of hydrogen-bond acceptors (Lipinski definition) is 8. The Morgan fingerprint density at radius 3 is 2.26 bits per heavy atom. The van der Waals surface area contributed by atoms with Gasteiger partial charge in [-0.2, -0.15) is 5.10 Å². The van der Waals surface area contributed by atoms with Gasteiger partial charge in [0.15, 0.2) is 11.4 Å². The summed E-state index contributed by atoms with van der Waals surface area (Å²) in [6.45, 7) is 6.90. The zero-order valence-corrected chi connectivity index (χ0v) is 22.8. The first-order valence-corrected chi connectivity index (χ1v) is 12.3. The van der Waals surface area contributed by atoms with Gasteiger partial charge in [-0.15, -0.1) is 0 Å². The molecule has 2 aliphatic rings. The van der Waals surface area contributed by atoms with Gasteiger partial charge in [0.2, 0.25) is 0 Å². The van der Waals surface area contributed by atoms with Crippen molar-refractivity contribution in [3.63, 3.8) is 0 Å². The fourth-order valence-corrected chi connectivity index (χ4v) is 4.23. The van der Waals surface area contributed by atoms with Crippen LogP contribution >= 0.6 is 23.2 Å². The molecule has 4 N–H and O–H groups in total. The molecule has 0 aliphatic carbocycles. The number of carboxylic acid groups (broad SMARTS) is 3. The van der Waals surface area contributed by atoms with E-state index in [1.54, 1.807) is 6.92 Å². The summed E-state index contributed by atoms with van der Waals surface area (Å²) in [7, 11) is 0. The predicted molar refractivity (Wildman–Crippen MR) is 144 cm³/mol. The molecular formula is C25H25Cl2N5O7. The van der Waals surface area contributed by atoms with Crippen LogP contribution in [0.2, 0.25) is 10.0 Å². The number of hydrazone groups is 1. The van der Waals surface area contributed by atoms with E-state index in [0.717, 1.165) is 5.01 Å². The van der Waals surface area contributed by atoms with Gasteiger partial charge in [-0.3, -0.25) is 9.78 Å². The van der Waals surface area contributed by atoms with Crippen molar-refractivity contribution in [1.29, 1.82) is 0 Å². The zero-order chi connectivity index (χ0) is 29.3. The van der Waals surface area contributed by atoms with E-state index in [1.165, 1.54) is 43.5 Å². The molecule has 3 heterocycles.